The summed E-state index contributed by atoms with van der Waals surface area (Å²) in [5.74, 6) is -0.870. The second-order valence-electron chi connectivity index (χ2n) is 4.11. The molecule has 1 aromatic heterocycles. The molecule has 0 aliphatic rings. The van der Waals surface area contributed by atoms with Gasteiger partial charge in [-0.05, 0) is 19.1 Å². The number of nitriles is 1. The van der Waals surface area contributed by atoms with Gasteiger partial charge in [-0.15, -0.1) is 0 Å². The molecule has 0 bridgehead atoms. The van der Waals surface area contributed by atoms with Crippen LogP contribution in [0.4, 0.5) is 0 Å². The normalized spacial score (nSPS) is 11.6. The van der Waals surface area contributed by atoms with E-state index in [1.54, 1.807) is 37.3 Å². The van der Waals surface area contributed by atoms with Gasteiger partial charge in [-0.1, -0.05) is 18.2 Å². The van der Waals surface area contributed by atoms with Crippen molar-refractivity contribution in [1.29, 1.82) is 5.26 Å². The van der Waals surface area contributed by atoms with Crippen LogP contribution in [-0.2, 0) is 9.53 Å². The largest absolute Gasteiger partial charge is 0.462 e. The van der Waals surface area contributed by atoms with Crippen molar-refractivity contribution < 1.29 is 13.9 Å². The number of carbonyl (C=O) groups is 1. The molecule has 6 heteroatoms. The van der Waals surface area contributed by atoms with Crippen LogP contribution in [0.15, 0.2) is 45.1 Å². The monoisotopic (exact) mass is 284 g/mol. The fourth-order valence-electron chi connectivity index (χ4n) is 1.80. The number of esters is 1. The van der Waals surface area contributed by atoms with Crippen LogP contribution >= 0.6 is 0 Å². The van der Waals surface area contributed by atoms with Crippen molar-refractivity contribution in [2.75, 3.05) is 6.61 Å². The van der Waals surface area contributed by atoms with Crippen LogP contribution in [0.2, 0.25) is 0 Å². The maximum Gasteiger partial charge on any atom is 0.351 e. The Hall–Kier alpha value is -3.07. The molecule has 0 aliphatic heterocycles. The molecule has 0 unspecified atom stereocenters. The molecule has 0 radical (unpaired) electrons. The molecule has 2 aromatic rings. The number of nitrogens with two attached hydrogens (primary N) is 1. The molecule has 6 nitrogen and oxygen atoms in total. The van der Waals surface area contributed by atoms with E-state index in [0.717, 1.165) is 0 Å². The third-order valence-electron chi connectivity index (χ3n) is 2.79. The van der Waals surface area contributed by atoms with Gasteiger partial charge in [0.2, 0.25) is 0 Å². The van der Waals surface area contributed by atoms with Gasteiger partial charge in [-0.3, -0.25) is 0 Å². The van der Waals surface area contributed by atoms with Crippen LogP contribution in [0.5, 0.6) is 0 Å². The quantitative estimate of drug-likeness (QED) is 0.396. The molecule has 0 saturated carbocycles. The summed E-state index contributed by atoms with van der Waals surface area (Å²) in [4.78, 5) is 23.6. The Morgan fingerprint density at radius 2 is 2.14 bits per heavy atom. The minimum Gasteiger partial charge on any atom is -0.462 e. The Kier molecular flexibility index (Phi) is 4.05. The van der Waals surface area contributed by atoms with Crippen molar-refractivity contribution in [3.8, 4) is 6.07 Å². The van der Waals surface area contributed by atoms with Crippen LogP contribution in [0.3, 0.4) is 0 Å². The molecular formula is C15H12N2O4. The molecule has 0 saturated heterocycles. The molecule has 2 N–H and O–H groups in total. The van der Waals surface area contributed by atoms with E-state index in [9.17, 15) is 9.59 Å². The van der Waals surface area contributed by atoms with Crippen molar-refractivity contribution in [2.45, 2.75) is 6.92 Å². The van der Waals surface area contributed by atoms with E-state index in [1.807, 2.05) is 0 Å². The Morgan fingerprint density at radius 3 is 2.81 bits per heavy atom. The Labute approximate surface area is 120 Å². The summed E-state index contributed by atoms with van der Waals surface area (Å²) >= 11 is 0. The van der Waals surface area contributed by atoms with Gasteiger partial charge >= 0.3 is 11.6 Å². The number of fused-ring (bicyclic) bond motifs is 1. The third-order valence-corrected chi connectivity index (χ3v) is 2.79. The van der Waals surface area contributed by atoms with E-state index in [-0.39, 0.29) is 17.9 Å². The fourth-order valence-corrected chi connectivity index (χ4v) is 1.80. The molecule has 0 aliphatic carbocycles. The van der Waals surface area contributed by atoms with Gasteiger partial charge in [0.1, 0.15) is 11.7 Å². The zero-order valence-electron chi connectivity index (χ0n) is 11.3. The number of hydrogen-bond acceptors (Lipinski definition) is 6. The van der Waals surface area contributed by atoms with Gasteiger partial charge in [0, 0.05) is 5.39 Å². The number of para-hydroxylation sites is 1. The molecule has 0 amide bonds. The molecule has 2 rings (SSSR count). The summed E-state index contributed by atoms with van der Waals surface area (Å²) in [5, 5.41) is 9.67. The van der Waals surface area contributed by atoms with Crippen LogP contribution < -0.4 is 11.4 Å². The average Bonchev–Trinajstić information content (AvgIpc) is 2.47. The predicted octanol–water partition coefficient (Wildman–Crippen LogP) is 1.55. The summed E-state index contributed by atoms with van der Waals surface area (Å²) in [6.45, 7) is 1.71. The van der Waals surface area contributed by atoms with Gasteiger partial charge < -0.3 is 14.9 Å². The number of ether oxygens (including phenoxy) is 1. The number of rotatable bonds is 3. The Bertz CT molecular complexity index is 827. The summed E-state index contributed by atoms with van der Waals surface area (Å²) in [5.41, 5.74) is 4.73. The first-order valence-electron chi connectivity index (χ1n) is 6.18. The van der Waals surface area contributed by atoms with E-state index in [1.165, 1.54) is 6.07 Å². The van der Waals surface area contributed by atoms with Crippen molar-refractivity contribution in [1.82, 2.24) is 0 Å². The van der Waals surface area contributed by atoms with Crippen molar-refractivity contribution in [2.24, 2.45) is 5.73 Å². The first-order valence-corrected chi connectivity index (χ1v) is 6.18. The lowest BCUT2D eigenvalue weighted by molar-refractivity contribution is -0.137. The topological polar surface area (TPSA) is 106 Å². The lowest BCUT2D eigenvalue weighted by atomic mass is 10.1. The lowest BCUT2D eigenvalue weighted by Crippen LogP contribution is -2.17. The Balaban J connectivity index is 2.64. The Morgan fingerprint density at radius 1 is 1.43 bits per heavy atom. The van der Waals surface area contributed by atoms with Gasteiger partial charge in [0.25, 0.3) is 0 Å². The number of benzene rings is 1. The summed E-state index contributed by atoms with van der Waals surface area (Å²) < 4.78 is 9.85. The summed E-state index contributed by atoms with van der Waals surface area (Å²) in [6.07, 6.45) is 0. The van der Waals surface area contributed by atoms with Gasteiger partial charge in [0.15, 0.2) is 5.57 Å². The maximum absolute atomic E-state index is 11.9. The van der Waals surface area contributed by atoms with Gasteiger partial charge in [0.05, 0.1) is 17.9 Å². The molecule has 21 heavy (non-hydrogen) atoms. The first kappa shape index (κ1) is 14.3. The number of nitrogens with zero attached hydrogens (tertiary/aromatic N) is 1. The smallest absolute Gasteiger partial charge is 0.351 e. The van der Waals surface area contributed by atoms with Crippen LogP contribution in [0.1, 0.15) is 12.5 Å². The average molecular weight is 284 g/mol. The summed E-state index contributed by atoms with van der Waals surface area (Å²) in [6, 6.07) is 9.99. The minimum atomic E-state index is -0.870. The fraction of sp³-hybridized carbons (Fsp3) is 0.133. The van der Waals surface area contributed by atoms with Crippen LogP contribution in [0, 0.1) is 11.3 Å². The summed E-state index contributed by atoms with van der Waals surface area (Å²) in [7, 11) is 0. The second-order valence-corrected chi connectivity index (χ2v) is 4.11. The molecule has 0 fully saturated rings. The second kappa shape index (κ2) is 5.92. The van der Waals surface area contributed by atoms with Crippen molar-refractivity contribution >= 4 is 22.6 Å². The molecule has 1 aromatic carbocycles. The number of carbonyl (C=O) groups excluding carboxylic acids is 1. The lowest BCUT2D eigenvalue weighted by Gasteiger charge is -2.05. The number of hydrogen-bond donors (Lipinski definition) is 1. The van der Waals surface area contributed by atoms with E-state index >= 15 is 0 Å². The van der Waals surface area contributed by atoms with Crippen molar-refractivity contribution in [3.05, 3.63) is 51.9 Å². The van der Waals surface area contributed by atoms with Crippen LogP contribution in [0.25, 0.3) is 16.7 Å². The predicted molar refractivity (Wildman–Crippen MR) is 75.8 cm³/mol. The van der Waals surface area contributed by atoms with Crippen LogP contribution in [-0.4, -0.2) is 12.6 Å². The highest BCUT2D eigenvalue weighted by atomic mass is 16.5. The SMILES string of the molecule is CCOC(=O)/C(C#N)=C(\N)c1cc2ccccc2oc1=O. The van der Waals surface area contributed by atoms with Gasteiger partial charge in [-0.2, -0.15) is 5.26 Å². The first-order chi connectivity index (χ1) is 10.1. The van der Waals surface area contributed by atoms with Crippen molar-refractivity contribution in [3.63, 3.8) is 0 Å². The van der Waals surface area contributed by atoms with E-state index in [4.69, 9.17) is 20.1 Å². The highest BCUT2D eigenvalue weighted by Gasteiger charge is 2.19. The molecule has 1 heterocycles. The van der Waals surface area contributed by atoms with E-state index < -0.39 is 17.2 Å². The maximum atomic E-state index is 11.9. The highest BCUT2D eigenvalue weighted by molar-refractivity contribution is 6.01. The third kappa shape index (κ3) is 2.77. The standard InChI is InChI=1S/C15H12N2O4/c1-2-20-14(18)11(8-16)13(17)10-7-9-5-3-4-6-12(9)21-15(10)19/h3-7H,2,17H2,1H3/b13-11-. The molecule has 0 atom stereocenters. The van der Waals surface area contributed by atoms with E-state index in [0.29, 0.717) is 11.0 Å². The molecular weight excluding hydrogens is 272 g/mol. The minimum absolute atomic E-state index is 0.0432. The highest BCUT2D eigenvalue weighted by Crippen LogP contribution is 2.17. The molecule has 0 spiro atoms. The molecule has 106 valence electrons. The zero-order valence-corrected chi connectivity index (χ0v) is 11.3. The van der Waals surface area contributed by atoms with Gasteiger partial charge in [-0.25, -0.2) is 9.59 Å². The zero-order chi connectivity index (χ0) is 15.4. The van der Waals surface area contributed by atoms with E-state index in [2.05, 4.69) is 0 Å².